The molecule has 0 aromatic heterocycles. The summed E-state index contributed by atoms with van der Waals surface area (Å²) in [6, 6.07) is -1.90. The van der Waals surface area contributed by atoms with Gasteiger partial charge in [-0.3, -0.25) is 14.4 Å². The Labute approximate surface area is 111 Å². The number of nitrogens with one attached hydrogen (secondary N) is 2. The van der Waals surface area contributed by atoms with Gasteiger partial charge in [-0.2, -0.15) is 0 Å². The van der Waals surface area contributed by atoms with Crippen LogP contribution in [0.4, 0.5) is 0 Å². The molecule has 0 heterocycles. The highest BCUT2D eigenvalue weighted by molar-refractivity contribution is 5.91. The summed E-state index contributed by atoms with van der Waals surface area (Å²) in [7, 11) is 0. The average Bonchev–Trinajstić information content (AvgIpc) is 2.33. The fourth-order valence-corrected chi connectivity index (χ4v) is 1.36. The van der Waals surface area contributed by atoms with Crippen LogP contribution in [0.25, 0.3) is 0 Å². The second kappa shape index (κ2) is 8.44. The first kappa shape index (κ1) is 17.3. The Kier molecular flexibility index (Phi) is 7.69. The molecule has 0 saturated heterocycles. The van der Waals surface area contributed by atoms with Gasteiger partial charge in [0.05, 0.1) is 13.2 Å². The van der Waals surface area contributed by atoms with Gasteiger partial charge in [-0.25, -0.2) is 0 Å². The molecule has 19 heavy (non-hydrogen) atoms. The summed E-state index contributed by atoms with van der Waals surface area (Å²) in [5.74, 6) is -1.65. The summed E-state index contributed by atoms with van der Waals surface area (Å²) < 4.78 is 0. The van der Waals surface area contributed by atoms with Gasteiger partial charge in [0.2, 0.25) is 17.7 Å². The van der Waals surface area contributed by atoms with E-state index in [1.165, 1.54) is 0 Å². The molecule has 0 saturated carbocycles. The Morgan fingerprint density at radius 2 is 1.79 bits per heavy atom. The lowest BCUT2D eigenvalue weighted by Crippen LogP contribution is -2.53. The number of aliphatic hydroxyl groups is 1. The fourth-order valence-electron chi connectivity index (χ4n) is 1.36. The predicted molar refractivity (Wildman–Crippen MR) is 68.7 cm³/mol. The van der Waals surface area contributed by atoms with Crippen molar-refractivity contribution < 1.29 is 19.5 Å². The largest absolute Gasteiger partial charge is 0.394 e. The van der Waals surface area contributed by atoms with E-state index < -0.39 is 36.4 Å². The monoisotopic (exact) mass is 274 g/mol. The van der Waals surface area contributed by atoms with E-state index in [1.807, 2.05) is 13.8 Å². The lowest BCUT2D eigenvalue weighted by atomic mass is 10.0. The first-order valence-corrected chi connectivity index (χ1v) is 6.00. The van der Waals surface area contributed by atoms with Crippen LogP contribution in [0.2, 0.25) is 0 Å². The number of rotatable bonds is 8. The third-order valence-corrected chi connectivity index (χ3v) is 2.31. The molecule has 0 aromatic carbocycles. The molecular weight excluding hydrogens is 252 g/mol. The minimum absolute atomic E-state index is 0.148. The number of carbonyl (C=O) groups excluding carboxylic acids is 3. The van der Waals surface area contributed by atoms with Gasteiger partial charge in [0, 0.05) is 0 Å². The number of hydrogen-bond donors (Lipinski definition) is 5. The number of carbonyl (C=O) groups is 3. The van der Waals surface area contributed by atoms with Crippen molar-refractivity contribution in [2.24, 2.45) is 17.4 Å². The minimum atomic E-state index is -1.08. The van der Waals surface area contributed by atoms with E-state index in [0.717, 1.165) is 0 Å². The molecule has 8 nitrogen and oxygen atoms in total. The maximum absolute atomic E-state index is 11.8. The SMILES string of the molecule is CC(C)CC(NC(=O)C(N)CO)C(=O)NCC(N)=O. The van der Waals surface area contributed by atoms with Crippen LogP contribution in [0.5, 0.6) is 0 Å². The van der Waals surface area contributed by atoms with Gasteiger partial charge < -0.3 is 27.2 Å². The second-order valence-electron chi connectivity index (χ2n) is 4.66. The van der Waals surface area contributed by atoms with Crippen molar-refractivity contribution in [3.63, 3.8) is 0 Å². The molecule has 0 spiro atoms. The smallest absolute Gasteiger partial charge is 0.243 e. The highest BCUT2D eigenvalue weighted by Gasteiger charge is 2.24. The first-order valence-electron chi connectivity index (χ1n) is 6.00. The summed E-state index contributed by atoms with van der Waals surface area (Å²) in [6.45, 7) is 2.96. The Morgan fingerprint density at radius 1 is 1.21 bits per heavy atom. The van der Waals surface area contributed by atoms with Crippen LogP contribution < -0.4 is 22.1 Å². The molecule has 0 aliphatic heterocycles. The molecule has 110 valence electrons. The van der Waals surface area contributed by atoms with Gasteiger partial charge in [0.25, 0.3) is 0 Å². The summed E-state index contributed by atoms with van der Waals surface area (Å²) in [6.07, 6.45) is 0.383. The Morgan fingerprint density at radius 3 is 2.21 bits per heavy atom. The highest BCUT2D eigenvalue weighted by Crippen LogP contribution is 2.05. The van der Waals surface area contributed by atoms with Crippen LogP contribution in [0.3, 0.4) is 0 Å². The van der Waals surface area contributed by atoms with Gasteiger partial charge in [-0.1, -0.05) is 13.8 Å². The van der Waals surface area contributed by atoms with Gasteiger partial charge in [-0.15, -0.1) is 0 Å². The molecule has 2 atom stereocenters. The molecule has 0 radical (unpaired) electrons. The standard InChI is InChI=1S/C11H22N4O4/c1-6(2)3-8(11(19)14-4-9(13)17)15-10(18)7(12)5-16/h6-8,16H,3-5,12H2,1-2H3,(H2,13,17)(H,14,19)(H,15,18). The van der Waals surface area contributed by atoms with Crippen LogP contribution in [-0.4, -0.2) is 48.1 Å². The molecule has 2 unspecified atom stereocenters. The van der Waals surface area contributed by atoms with E-state index in [1.54, 1.807) is 0 Å². The third kappa shape index (κ3) is 7.37. The number of amides is 3. The van der Waals surface area contributed by atoms with E-state index >= 15 is 0 Å². The zero-order chi connectivity index (χ0) is 15.0. The maximum atomic E-state index is 11.8. The summed E-state index contributed by atoms with van der Waals surface area (Å²) in [5, 5.41) is 13.5. The van der Waals surface area contributed by atoms with Crippen LogP contribution >= 0.6 is 0 Å². The zero-order valence-electron chi connectivity index (χ0n) is 11.2. The van der Waals surface area contributed by atoms with Gasteiger partial charge in [-0.05, 0) is 12.3 Å². The van der Waals surface area contributed by atoms with Crippen LogP contribution in [0.1, 0.15) is 20.3 Å². The van der Waals surface area contributed by atoms with Crippen molar-refractivity contribution in [2.45, 2.75) is 32.4 Å². The van der Waals surface area contributed by atoms with E-state index in [-0.39, 0.29) is 12.5 Å². The summed E-state index contributed by atoms with van der Waals surface area (Å²) in [5.41, 5.74) is 10.3. The molecule has 0 aliphatic carbocycles. The lowest BCUT2D eigenvalue weighted by Gasteiger charge is -2.21. The minimum Gasteiger partial charge on any atom is -0.394 e. The Balaban J connectivity index is 4.57. The predicted octanol–water partition coefficient (Wildman–Crippen LogP) is -2.56. The summed E-state index contributed by atoms with van der Waals surface area (Å²) >= 11 is 0. The molecule has 3 amide bonds. The van der Waals surface area contributed by atoms with Crippen molar-refractivity contribution in [3.8, 4) is 0 Å². The van der Waals surface area contributed by atoms with Gasteiger partial charge in [0.1, 0.15) is 12.1 Å². The molecule has 0 aromatic rings. The number of hydrogen-bond acceptors (Lipinski definition) is 5. The molecule has 8 heteroatoms. The van der Waals surface area contributed by atoms with Crippen molar-refractivity contribution in [3.05, 3.63) is 0 Å². The number of aliphatic hydroxyl groups excluding tert-OH is 1. The number of nitrogens with two attached hydrogens (primary N) is 2. The Hall–Kier alpha value is -1.67. The fraction of sp³-hybridized carbons (Fsp3) is 0.727. The second-order valence-corrected chi connectivity index (χ2v) is 4.66. The quantitative estimate of drug-likeness (QED) is 0.330. The molecule has 0 aliphatic rings. The molecule has 7 N–H and O–H groups in total. The highest BCUT2D eigenvalue weighted by atomic mass is 16.3. The molecule has 0 rings (SSSR count). The normalized spacial score (nSPS) is 13.7. The Bertz CT molecular complexity index is 333. The topological polar surface area (TPSA) is 148 Å². The van der Waals surface area contributed by atoms with E-state index in [9.17, 15) is 14.4 Å². The maximum Gasteiger partial charge on any atom is 0.243 e. The zero-order valence-corrected chi connectivity index (χ0v) is 11.2. The molecule has 0 bridgehead atoms. The molecular formula is C11H22N4O4. The van der Waals surface area contributed by atoms with Crippen LogP contribution in [-0.2, 0) is 14.4 Å². The van der Waals surface area contributed by atoms with Crippen molar-refractivity contribution >= 4 is 17.7 Å². The van der Waals surface area contributed by atoms with E-state index in [2.05, 4.69) is 10.6 Å². The third-order valence-electron chi connectivity index (χ3n) is 2.31. The average molecular weight is 274 g/mol. The number of primary amides is 1. The molecule has 0 fully saturated rings. The van der Waals surface area contributed by atoms with Crippen molar-refractivity contribution in [1.82, 2.24) is 10.6 Å². The van der Waals surface area contributed by atoms with Crippen molar-refractivity contribution in [1.29, 1.82) is 0 Å². The van der Waals surface area contributed by atoms with Gasteiger partial charge >= 0.3 is 0 Å². The van der Waals surface area contributed by atoms with E-state index in [0.29, 0.717) is 6.42 Å². The summed E-state index contributed by atoms with van der Waals surface area (Å²) in [4.78, 5) is 33.9. The van der Waals surface area contributed by atoms with Crippen LogP contribution in [0, 0.1) is 5.92 Å². The van der Waals surface area contributed by atoms with Crippen LogP contribution in [0.15, 0.2) is 0 Å². The van der Waals surface area contributed by atoms with E-state index in [4.69, 9.17) is 16.6 Å². The van der Waals surface area contributed by atoms with Gasteiger partial charge in [0.15, 0.2) is 0 Å². The first-order chi connectivity index (χ1) is 8.77. The lowest BCUT2D eigenvalue weighted by molar-refractivity contribution is -0.131. The van der Waals surface area contributed by atoms with Crippen molar-refractivity contribution in [2.75, 3.05) is 13.2 Å².